The van der Waals surface area contributed by atoms with E-state index in [1.165, 1.54) is 0 Å². The van der Waals surface area contributed by atoms with Crippen molar-refractivity contribution in [3.05, 3.63) is 12.7 Å². The first-order valence-corrected chi connectivity index (χ1v) is 5.13. The van der Waals surface area contributed by atoms with Gasteiger partial charge in [0.25, 0.3) is 0 Å². The van der Waals surface area contributed by atoms with E-state index >= 15 is 0 Å². The first-order valence-electron chi connectivity index (χ1n) is 5.13. The number of rotatable bonds is 2. The van der Waals surface area contributed by atoms with Gasteiger partial charge in [0.1, 0.15) is 0 Å². The maximum atomic E-state index is 5.85. The number of hydrogen-bond donors (Lipinski definition) is 0. The molecular formula is C11H18O2. The van der Waals surface area contributed by atoms with Gasteiger partial charge in [-0.1, -0.05) is 6.08 Å². The molecule has 1 aliphatic heterocycles. The Hall–Kier alpha value is -0.340. The molecule has 1 aliphatic carbocycles. The summed E-state index contributed by atoms with van der Waals surface area (Å²) in [7, 11) is 0. The van der Waals surface area contributed by atoms with E-state index in [2.05, 4.69) is 20.4 Å². The second-order valence-corrected chi connectivity index (χ2v) is 4.33. The van der Waals surface area contributed by atoms with E-state index in [1.54, 1.807) is 0 Å². The van der Waals surface area contributed by atoms with Crippen molar-refractivity contribution in [1.29, 1.82) is 0 Å². The van der Waals surface area contributed by atoms with Crippen LogP contribution < -0.4 is 0 Å². The number of hydrogen-bond acceptors (Lipinski definition) is 2. The summed E-state index contributed by atoms with van der Waals surface area (Å²) in [6.07, 6.45) is 5.73. The van der Waals surface area contributed by atoms with Crippen LogP contribution >= 0.6 is 0 Å². The lowest BCUT2D eigenvalue weighted by atomic mass is 10.1. The third kappa shape index (κ3) is 1.65. The average molecular weight is 182 g/mol. The number of ether oxygens (including phenoxy) is 2. The predicted octanol–water partition coefficient (Wildman–Crippen LogP) is 2.49. The SMILES string of the molecule is C=CC[C@H]1CC12O[C@H](C)C[C@@H](C)O2. The third-order valence-electron chi connectivity index (χ3n) is 2.91. The van der Waals surface area contributed by atoms with Crippen LogP contribution in [0.2, 0.25) is 0 Å². The zero-order valence-corrected chi connectivity index (χ0v) is 8.45. The second kappa shape index (κ2) is 3.10. The molecule has 2 fully saturated rings. The van der Waals surface area contributed by atoms with Crippen molar-refractivity contribution in [2.45, 2.75) is 51.1 Å². The second-order valence-electron chi connectivity index (χ2n) is 4.33. The van der Waals surface area contributed by atoms with Crippen LogP contribution in [0.15, 0.2) is 12.7 Å². The highest BCUT2D eigenvalue weighted by molar-refractivity contribution is 5.03. The highest BCUT2D eigenvalue weighted by Crippen LogP contribution is 2.53. The molecule has 1 saturated carbocycles. The maximum Gasteiger partial charge on any atom is 0.172 e. The first-order chi connectivity index (χ1) is 6.16. The van der Waals surface area contributed by atoms with Crippen molar-refractivity contribution in [3.63, 3.8) is 0 Å². The molecule has 1 spiro atoms. The molecule has 0 aromatic rings. The smallest absolute Gasteiger partial charge is 0.172 e. The van der Waals surface area contributed by atoms with Crippen molar-refractivity contribution in [3.8, 4) is 0 Å². The van der Waals surface area contributed by atoms with Crippen LogP contribution in [-0.4, -0.2) is 18.0 Å². The molecule has 2 rings (SSSR count). The van der Waals surface area contributed by atoms with Gasteiger partial charge < -0.3 is 9.47 Å². The zero-order chi connectivity index (χ0) is 9.47. The quantitative estimate of drug-likeness (QED) is 0.611. The molecule has 74 valence electrons. The van der Waals surface area contributed by atoms with Gasteiger partial charge in [-0.25, -0.2) is 0 Å². The summed E-state index contributed by atoms with van der Waals surface area (Å²) in [4.78, 5) is 0. The van der Waals surface area contributed by atoms with E-state index < -0.39 is 0 Å². The third-order valence-corrected chi connectivity index (χ3v) is 2.91. The van der Waals surface area contributed by atoms with E-state index in [1.807, 2.05) is 6.08 Å². The molecule has 1 saturated heterocycles. The minimum absolute atomic E-state index is 0.231. The molecule has 2 heteroatoms. The molecule has 2 nitrogen and oxygen atoms in total. The minimum atomic E-state index is -0.231. The molecule has 0 N–H and O–H groups in total. The van der Waals surface area contributed by atoms with Crippen LogP contribution in [0.25, 0.3) is 0 Å². The van der Waals surface area contributed by atoms with Gasteiger partial charge in [-0.15, -0.1) is 6.58 Å². The summed E-state index contributed by atoms with van der Waals surface area (Å²) >= 11 is 0. The Morgan fingerprint density at radius 3 is 2.54 bits per heavy atom. The lowest BCUT2D eigenvalue weighted by Crippen LogP contribution is -2.38. The minimum Gasteiger partial charge on any atom is -0.347 e. The fourth-order valence-electron chi connectivity index (χ4n) is 2.31. The summed E-state index contributed by atoms with van der Waals surface area (Å²) in [6, 6.07) is 0. The Balaban J connectivity index is 1.96. The fraction of sp³-hybridized carbons (Fsp3) is 0.818. The topological polar surface area (TPSA) is 18.5 Å². The molecular weight excluding hydrogens is 164 g/mol. The van der Waals surface area contributed by atoms with Gasteiger partial charge in [0.05, 0.1) is 12.2 Å². The van der Waals surface area contributed by atoms with E-state index in [4.69, 9.17) is 9.47 Å². The Kier molecular flexibility index (Phi) is 2.20. The van der Waals surface area contributed by atoms with Gasteiger partial charge in [0.15, 0.2) is 5.79 Å². The Bertz CT molecular complexity index is 202. The summed E-state index contributed by atoms with van der Waals surface area (Å²) in [5, 5.41) is 0. The lowest BCUT2D eigenvalue weighted by Gasteiger charge is -2.33. The van der Waals surface area contributed by atoms with Gasteiger partial charge in [-0.05, 0) is 26.7 Å². The molecule has 2 aliphatic rings. The van der Waals surface area contributed by atoms with Crippen LogP contribution in [0.3, 0.4) is 0 Å². The largest absolute Gasteiger partial charge is 0.347 e. The standard InChI is InChI=1S/C11H18O2/c1-4-5-10-7-11(10)12-8(2)6-9(3)13-11/h4,8-10H,1,5-7H2,2-3H3/t8-,9-,10+/m1/s1. The molecule has 0 bridgehead atoms. The fourth-order valence-corrected chi connectivity index (χ4v) is 2.31. The highest BCUT2D eigenvalue weighted by atomic mass is 16.7. The molecule has 13 heavy (non-hydrogen) atoms. The predicted molar refractivity (Wildman–Crippen MR) is 51.4 cm³/mol. The average Bonchev–Trinajstić information content (AvgIpc) is 2.60. The number of allylic oxidation sites excluding steroid dienone is 1. The van der Waals surface area contributed by atoms with E-state index in [9.17, 15) is 0 Å². The molecule has 0 unspecified atom stereocenters. The van der Waals surface area contributed by atoms with Gasteiger partial charge in [-0.3, -0.25) is 0 Å². The van der Waals surface area contributed by atoms with E-state index in [-0.39, 0.29) is 5.79 Å². The van der Waals surface area contributed by atoms with E-state index in [0.717, 1.165) is 19.3 Å². The lowest BCUT2D eigenvalue weighted by molar-refractivity contribution is -0.262. The van der Waals surface area contributed by atoms with Gasteiger partial charge in [0.2, 0.25) is 0 Å². The van der Waals surface area contributed by atoms with Crippen molar-refractivity contribution >= 4 is 0 Å². The molecule has 0 aromatic carbocycles. The molecule has 0 aromatic heterocycles. The summed E-state index contributed by atoms with van der Waals surface area (Å²) in [5.41, 5.74) is 0. The van der Waals surface area contributed by atoms with Crippen molar-refractivity contribution in [2.75, 3.05) is 0 Å². The molecule has 1 heterocycles. The Morgan fingerprint density at radius 1 is 1.38 bits per heavy atom. The summed E-state index contributed by atoms with van der Waals surface area (Å²) < 4.78 is 11.7. The van der Waals surface area contributed by atoms with Crippen molar-refractivity contribution in [1.82, 2.24) is 0 Å². The van der Waals surface area contributed by atoms with Crippen LogP contribution in [-0.2, 0) is 9.47 Å². The monoisotopic (exact) mass is 182 g/mol. The summed E-state index contributed by atoms with van der Waals surface area (Å²) in [5.74, 6) is 0.320. The molecule has 3 atom stereocenters. The Labute approximate surface area is 79.9 Å². The van der Waals surface area contributed by atoms with Crippen molar-refractivity contribution in [2.24, 2.45) is 5.92 Å². The highest BCUT2D eigenvalue weighted by Gasteiger charge is 2.59. The van der Waals surface area contributed by atoms with Gasteiger partial charge in [-0.2, -0.15) is 0 Å². The first kappa shape index (κ1) is 9.22. The van der Waals surface area contributed by atoms with Crippen LogP contribution in [0.1, 0.15) is 33.1 Å². The van der Waals surface area contributed by atoms with Crippen LogP contribution in [0, 0.1) is 5.92 Å². The Morgan fingerprint density at radius 2 is 2.00 bits per heavy atom. The van der Waals surface area contributed by atoms with Crippen LogP contribution in [0.4, 0.5) is 0 Å². The van der Waals surface area contributed by atoms with Gasteiger partial charge >= 0.3 is 0 Å². The normalized spacial score (nSPS) is 49.2. The van der Waals surface area contributed by atoms with Gasteiger partial charge in [0, 0.05) is 12.3 Å². The molecule has 0 amide bonds. The van der Waals surface area contributed by atoms with Crippen molar-refractivity contribution < 1.29 is 9.47 Å². The van der Waals surface area contributed by atoms with Crippen LogP contribution in [0.5, 0.6) is 0 Å². The summed E-state index contributed by atoms with van der Waals surface area (Å²) in [6.45, 7) is 8.00. The maximum absolute atomic E-state index is 5.85. The zero-order valence-electron chi connectivity index (χ0n) is 8.45. The molecule has 0 radical (unpaired) electrons. The van der Waals surface area contributed by atoms with E-state index in [0.29, 0.717) is 18.1 Å².